The van der Waals surface area contributed by atoms with Crippen LogP contribution in [0.2, 0.25) is 0 Å². The van der Waals surface area contributed by atoms with E-state index in [2.05, 4.69) is 42.5 Å². The van der Waals surface area contributed by atoms with E-state index in [1.165, 1.54) is 34.0 Å². The van der Waals surface area contributed by atoms with E-state index in [0.29, 0.717) is 0 Å². The molecule has 2 aliphatic heterocycles. The Hall–Kier alpha value is -2.92. The molecule has 4 aromatic rings. The molecular formula is C30H36F2N6S2. The Balaban J connectivity index is 0.000000161. The summed E-state index contributed by atoms with van der Waals surface area (Å²) in [4.78, 5) is 15.8. The number of halogens is 2. The molecule has 0 saturated heterocycles. The molecule has 2 atom stereocenters. The molecule has 2 N–H and O–H groups in total. The van der Waals surface area contributed by atoms with E-state index in [9.17, 15) is 8.78 Å². The second kappa shape index (κ2) is 13.6. The fourth-order valence-corrected chi connectivity index (χ4v) is 7.35. The highest BCUT2D eigenvalue weighted by Crippen LogP contribution is 2.39. The highest BCUT2D eigenvalue weighted by atomic mass is 32.1. The van der Waals surface area contributed by atoms with E-state index in [4.69, 9.17) is 0 Å². The zero-order valence-electron chi connectivity index (χ0n) is 22.9. The third kappa shape index (κ3) is 6.52. The minimum absolute atomic E-state index is 0.111. The van der Waals surface area contributed by atoms with Crippen molar-refractivity contribution in [2.24, 2.45) is 0 Å². The maximum absolute atomic E-state index is 13.4. The van der Waals surface area contributed by atoms with Crippen molar-refractivity contribution in [3.8, 4) is 0 Å². The fourth-order valence-electron chi connectivity index (χ4n) is 5.59. The number of rotatable bonds is 10. The summed E-state index contributed by atoms with van der Waals surface area (Å²) in [5, 5.41) is 6.16. The lowest BCUT2D eigenvalue weighted by Gasteiger charge is -2.29. The summed E-state index contributed by atoms with van der Waals surface area (Å²) in [5.74, 6) is 0. The van der Waals surface area contributed by atoms with Gasteiger partial charge in [0, 0.05) is 48.1 Å². The maximum Gasteiger partial charge on any atom is 0.176 e. The first kappa shape index (κ1) is 28.6. The Morgan fingerprint density at radius 2 is 1.18 bits per heavy atom. The number of nitrogens with zero attached hydrogens (tertiary/aromatic N) is 4. The molecule has 0 fully saturated rings. The molecule has 0 saturated carbocycles. The van der Waals surface area contributed by atoms with E-state index in [1.807, 2.05) is 50.8 Å². The van der Waals surface area contributed by atoms with Gasteiger partial charge in [-0.1, -0.05) is 0 Å². The summed E-state index contributed by atoms with van der Waals surface area (Å²) in [6.45, 7) is 3.74. The largest absolute Gasteiger partial charge is 0.362 e. The number of fused-ring (bicyclic) bond motifs is 2. The minimum Gasteiger partial charge on any atom is -0.362 e. The van der Waals surface area contributed by atoms with Crippen LogP contribution >= 0.6 is 22.7 Å². The second-order valence-electron chi connectivity index (χ2n) is 9.93. The van der Waals surface area contributed by atoms with Crippen LogP contribution < -0.4 is 20.4 Å². The number of hydrogen-bond acceptors (Lipinski definition) is 8. The normalized spacial score (nSPS) is 15.4. The van der Waals surface area contributed by atoms with Crippen LogP contribution in [0.4, 0.5) is 20.2 Å². The Morgan fingerprint density at radius 1 is 0.725 bits per heavy atom. The molecule has 4 aromatic heterocycles. The molecule has 0 unspecified atom stereocenters. The lowest BCUT2D eigenvalue weighted by Crippen LogP contribution is -2.28. The van der Waals surface area contributed by atoms with Gasteiger partial charge in [-0.2, -0.15) is 8.78 Å². The van der Waals surface area contributed by atoms with Gasteiger partial charge in [0.05, 0.1) is 34.8 Å². The lowest BCUT2D eigenvalue weighted by molar-refractivity contribution is 0.576. The smallest absolute Gasteiger partial charge is 0.176 e. The predicted octanol–water partition coefficient (Wildman–Crippen LogP) is 5.99. The third-order valence-corrected chi connectivity index (χ3v) is 9.41. The number of aromatic nitrogens is 2. The molecule has 40 heavy (non-hydrogen) atoms. The van der Waals surface area contributed by atoms with Gasteiger partial charge >= 0.3 is 0 Å². The SMILES string of the molecule is CNCC[C@@H](c1ccc(F)s1)N1CCc2ncccc21.CNCC[C@H](c1ccc(F)s1)N1CCc2ncccc21. The Kier molecular flexibility index (Phi) is 9.74. The molecule has 212 valence electrons. The minimum atomic E-state index is -0.111. The van der Waals surface area contributed by atoms with Crippen LogP contribution in [0.5, 0.6) is 0 Å². The third-order valence-electron chi connectivity index (χ3n) is 7.46. The summed E-state index contributed by atoms with van der Waals surface area (Å²) in [6.07, 6.45) is 7.56. The van der Waals surface area contributed by atoms with Crippen LogP contribution in [-0.4, -0.2) is 50.2 Å². The molecule has 10 heteroatoms. The Labute approximate surface area is 243 Å². The van der Waals surface area contributed by atoms with Gasteiger partial charge in [0.2, 0.25) is 0 Å². The number of hydrogen-bond donors (Lipinski definition) is 2. The zero-order chi connectivity index (χ0) is 27.9. The number of anilines is 2. The highest BCUT2D eigenvalue weighted by molar-refractivity contribution is 7.10. The first-order chi connectivity index (χ1) is 19.6. The molecule has 0 spiro atoms. The standard InChI is InChI=1S/2C15H18FN3S/c2*1-17-9-6-13(14-4-5-15(16)20-14)19-10-7-11-12(19)3-2-8-18-11/h2*2-5,8,13,17H,6-7,9-10H2,1H3/t2*13-/m10/s1. The van der Waals surface area contributed by atoms with Gasteiger partial charge < -0.3 is 20.4 Å². The molecule has 6 heterocycles. The Morgan fingerprint density at radius 3 is 1.55 bits per heavy atom. The molecule has 0 aliphatic carbocycles. The molecule has 0 bridgehead atoms. The van der Waals surface area contributed by atoms with Gasteiger partial charge in [0.25, 0.3) is 0 Å². The molecule has 0 amide bonds. The first-order valence-electron chi connectivity index (χ1n) is 13.8. The molecule has 6 rings (SSSR count). The summed E-state index contributed by atoms with van der Waals surface area (Å²) in [7, 11) is 3.90. The molecule has 2 aliphatic rings. The van der Waals surface area contributed by atoms with Gasteiger partial charge in [0.1, 0.15) is 0 Å². The van der Waals surface area contributed by atoms with Crippen LogP contribution in [0.25, 0.3) is 0 Å². The van der Waals surface area contributed by atoms with Crippen LogP contribution in [0.3, 0.4) is 0 Å². The van der Waals surface area contributed by atoms with Gasteiger partial charge in [-0.25, -0.2) is 0 Å². The van der Waals surface area contributed by atoms with Gasteiger partial charge in [-0.15, -0.1) is 22.7 Å². The lowest BCUT2D eigenvalue weighted by atomic mass is 10.1. The van der Waals surface area contributed by atoms with Crippen molar-refractivity contribution < 1.29 is 8.78 Å². The summed E-state index contributed by atoms with van der Waals surface area (Å²) in [5.41, 5.74) is 4.70. The molecule has 0 aromatic carbocycles. The van der Waals surface area contributed by atoms with E-state index >= 15 is 0 Å². The highest BCUT2D eigenvalue weighted by Gasteiger charge is 2.29. The maximum atomic E-state index is 13.4. The quantitative estimate of drug-likeness (QED) is 0.240. The fraction of sp³-hybridized carbons (Fsp3) is 0.400. The Bertz CT molecular complexity index is 1270. The van der Waals surface area contributed by atoms with E-state index in [1.54, 1.807) is 12.1 Å². The van der Waals surface area contributed by atoms with Gasteiger partial charge in [-0.3, -0.25) is 9.97 Å². The summed E-state index contributed by atoms with van der Waals surface area (Å²) >= 11 is 2.50. The van der Waals surface area contributed by atoms with Crippen molar-refractivity contribution >= 4 is 34.0 Å². The topological polar surface area (TPSA) is 56.3 Å². The van der Waals surface area contributed by atoms with Crippen LogP contribution in [0.15, 0.2) is 60.9 Å². The number of nitrogens with one attached hydrogen (secondary N) is 2. The average Bonchev–Trinajstić information content (AvgIpc) is 3.78. The predicted molar refractivity (Wildman–Crippen MR) is 162 cm³/mol. The molecule has 0 radical (unpaired) electrons. The first-order valence-corrected chi connectivity index (χ1v) is 15.4. The van der Waals surface area contributed by atoms with E-state index < -0.39 is 0 Å². The summed E-state index contributed by atoms with van der Waals surface area (Å²) < 4.78 is 26.7. The summed E-state index contributed by atoms with van der Waals surface area (Å²) in [6, 6.07) is 15.6. The van der Waals surface area contributed by atoms with Crippen molar-refractivity contribution in [3.63, 3.8) is 0 Å². The van der Waals surface area contributed by atoms with Crippen molar-refractivity contribution in [3.05, 3.63) is 92.3 Å². The van der Waals surface area contributed by atoms with Crippen molar-refractivity contribution in [2.75, 3.05) is 50.1 Å². The van der Waals surface area contributed by atoms with Crippen LogP contribution in [0, 0.1) is 10.3 Å². The zero-order valence-corrected chi connectivity index (χ0v) is 24.6. The van der Waals surface area contributed by atoms with E-state index in [-0.39, 0.29) is 22.3 Å². The number of pyridine rings is 2. The molecule has 6 nitrogen and oxygen atoms in total. The monoisotopic (exact) mass is 582 g/mol. The average molecular weight is 583 g/mol. The van der Waals surface area contributed by atoms with Crippen molar-refractivity contribution in [1.82, 2.24) is 20.6 Å². The van der Waals surface area contributed by atoms with Crippen LogP contribution in [-0.2, 0) is 12.8 Å². The van der Waals surface area contributed by atoms with Crippen molar-refractivity contribution in [1.29, 1.82) is 0 Å². The number of thiophene rings is 2. The van der Waals surface area contributed by atoms with Crippen molar-refractivity contribution in [2.45, 2.75) is 37.8 Å². The van der Waals surface area contributed by atoms with E-state index in [0.717, 1.165) is 73.0 Å². The van der Waals surface area contributed by atoms with Gasteiger partial charge in [-0.05, 0) is 88.6 Å². The van der Waals surface area contributed by atoms with Gasteiger partial charge in [0.15, 0.2) is 10.3 Å². The van der Waals surface area contributed by atoms with Crippen LogP contribution in [0.1, 0.15) is 46.1 Å². The molecular weight excluding hydrogens is 547 g/mol. The second-order valence-corrected chi connectivity index (χ2v) is 12.1.